The first kappa shape index (κ1) is 35.3. The maximum absolute atomic E-state index is 15.1. The number of hydrogen-bond donors (Lipinski definition) is 4. The molecule has 0 aliphatic carbocycles. The Balaban J connectivity index is 1.15. The summed E-state index contributed by atoms with van der Waals surface area (Å²) in [7, 11) is 0. The summed E-state index contributed by atoms with van der Waals surface area (Å²) in [5.74, 6) is -2.48. The van der Waals surface area contributed by atoms with Crippen molar-refractivity contribution in [3.8, 4) is 0 Å². The van der Waals surface area contributed by atoms with E-state index in [1.54, 1.807) is 6.92 Å². The van der Waals surface area contributed by atoms with Crippen molar-refractivity contribution in [2.45, 2.75) is 62.8 Å². The molecule has 2 aliphatic rings. The Hall–Kier alpha value is -4.04. The third kappa shape index (κ3) is 9.53. The van der Waals surface area contributed by atoms with Gasteiger partial charge < -0.3 is 35.9 Å². The molecule has 13 heteroatoms. The zero-order valence-electron chi connectivity index (χ0n) is 26.8. The van der Waals surface area contributed by atoms with Crippen molar-refractivity contribution < 1.29 is 37.0 Å². The molecule has 2 aliphatic heterocycles. The van der Waals surface area contributed by atoms with E-state index < -0.39 is 47.5 Å². The lowest BCUT2D eigenvalue weighted by atomic mass is 9.85. The number of pyridine rings is 1. The SMILES string of the molecule is CC(OC(=O)NCC1CCOCC1)C1COC(CCc2c(F)cncc2NC(=O)C(N)C(c2ccc(F)cc2)c2ccc(F)cc2)CN1. The molecular formula is C35H42F3N5O5. The number of amides is 2. The quantitative estimate of drug-likeness (QED) is 0.223. The molecule has 0 saturated carbocycles. The predicted molar refractivity (Wildman–Crippen MR) is 173 cm³/mol. The van der Waals surface area contributed by atoms with E-state index in [0.29, 0.717) is 56.4 Å². The summed E-state index contributed by atoms with van der Waals surface area (Å²) in [4.78, 5) is 29.7. The van der Waals surface area contributed by atoms with Crippen molar-refractivity contribution >= 4 is 17.7 Å². The van der Waals surface area contributed by atoms with E-state index in [1.807, 2.05) is 0 Å². The second-order valence-electron chi connectivity index (χ2n) is 12.3. The molecule has 2 amide bonds. The molecule has 0 bridgehead atoms. The summed E-state index contributed by atoms with van der Waals surface area (Å²) in [5, 5.41) is 8.91. The minimum absolute atomic E-state index is 0.169. The van der Waals surface area contributed by atoms with Crippen LogP contribution in [0.15, 0.2) is 60.9 Å². The standard InChI is InChI=1S/C35H42F3N5O5/c1-21(48-35(45)42-16-22-12-14-46-15-13-22)31-20-47-27(17-41-31)10-11-28-29(38)18-40-19-30(28)43-34(44)33(39)32(23-2-6-25(36)7-3-23)24-4-8-26(37)9-5-24/h2-9,18-19,21-22,27,31-33,41H,10-17,20,39H2,1H3,(H,42,45)(H,43,44). The molecular weight excluding hydrogens is 627 g/mol. The highest BCUT2D eigenvalue weighted by Crippen LogP contribution is 2.29. The normalized spacial score (nSPS) is 19.8. The van der Waals surface area contributed by atoms with Gasteiger partial charge in [-0.05, 0) is 73.9 Å². The Kier molecular flexibility index (Phi) is 12.4. The van der Waals surface area contributed by atoms with Crippen LogP contribution in [-0.4, -0.2) is 74.2 Å². The van der Waals surface area contributed by atoms with Gasteiger partial charge in [-0.2, -0.15) is 0 Å². The first-order valence-electron chi connectivity index (χ1n) is 16.2. The number of rotatable bonds is 12. The number of carbonyl (C=O) groups excluding carboxylic acids is 2. The highest BCUT2D eigenvalue weighted by Gasteiger charge is 2.30. The van der Waals surface area contributed by atoms with Crippen LogP contribution in [0, 0.1) is 23.4 Å². The number of halogens is 3. The van der Waals surface area contributed by atoms with E-state index >= 15 is 4.39 Å². The second-order valence-corrected chi connectivity index (χ2v) is 12.3. The number of ether oxygens (including phenoxy) is 3. The van der Waals surface area contributed by atoms with Gasteiger partial charge in [0.1, 0.15) is 23.6 Å². The third-order valence-corrected chi connectivity index (χ3v) is 8.95. The molecule has 0 spiro atoms. The van der Waals surface area contributed by atoms with Crippen LogP contribution < -0.4 is 21.7 Å². The number of anilines is 1. The largest absolute Gasteiger partial charge is 0.445 e. The highest BCUT2D eigenvalue weighted by atomic mass is 19.1. The Morgan fingerprint density at radius 2 is 1.67 bits per heavy atom. The van der Waals surface area contributed by atoms with Crippen LogP contribution in [0.5, 0.6) is 0 Å². The summed E-state index contributed by atoms with van der Waals surface area (Å²) in [6.45, 7) is 4.52. The zero-order valence-corrected chi connectivity index (χ0v) is 26.8. The molecule has 0 radical (unpaired) electrons. The molecule has 258 valence electrons. The number of carbonyl (C=O) groups is 2. The van der Waals surface area contributed by atoms with Crippen molar-refractivity contribution in [1.82, 2.24) is 15.6 Å². The molecule has 10 nitrogen and oxygen atoms in total. The van der Waals surface area contributed by atoms with Gasteiger partial charge in [-0.25, -0.2) is 18.0 Å². The topological polar surface area (TPSA) is 137 Å². The van der Waals surface area contributed by atoms with Gasteiger partial charge in [-0.3, -0.25) is 9.78 Å². The van der Waals surface area contributed by atoms with Gasteiger partial charge in [0.15, 0.2) is 0 Å². The Morgan fingerprint density at radius 1 is 1.02 bits per heavy atom. The van der Waals surface area contributed by atoms with Gasteiger partial charge in [-0.1, -0.05) is 24.3 Å². The summed E-state index contributed by atoms with van der Waals surface area (Å²) in [6, 6.07) is 9.71. The van der Waals surface area contributed by atoms with Crippen molar-refractivity contribution in [2.24, 2.45) is 11.7 Å². The summed E-state index contributed by atoms with van der Waals surface area (Å²) < 4.78 is 59.4. The molecule has 48 heavy (non-hydrogen) atoms. The summed E-state index contributed by atoms with van der Waals surface area (Å²) in [6.07, 6.45) is 3.77. The van der Waals surface area contributed by atoms with E-state index in [9.17, 15) is 18.4 Å². The average Bonchev–Trinajstić information content (AvgIpc) is 3.09. The number of nitrogens with one attached hydrogen (secondary N) is 3. The predicted octanol–water partition coefficient (Wildman–Crippen LogP) is 4.43. The first-order valence-corrected chi connectivity index (χ1v) is 16.2. The Bertz CT molecular complexity index is 1450. The van der Waals surface area contributed by atoms with Crippen LogP contribution in [-0.2, 0) is 25.4 Å². The van der Waals surface area contributed by atoms with Gasteiger partial charge in [0.25, 0.3) is 0 Å². The maximum Gasteiger partial charge on any atom is 0.407 e. The monoisotopic (exact) mass is 669 g/mol. The van der Waals surface area contributed by atoms with Gasteiger partial charge >= 0.3 is 6.09 Å². The fraction of sp³-hybridized carbons (Fsp3) is 0.457. The van der Waals surface area contributed by atoms with Crippen molar-refractivity contribution in [3.63, 3.8) is 0 Å². The second kappa shape index (κ2) is 16.9. The lowest BCUT2D eigenvalue weighted by Gasteiger charge is -2.33. The van der Waals surface area contributed by atoms with Crippen molar-refractivity contribution in [2.75, 3.05) is 38.2 Å². The number of nitrogens with zero attached hydrogens (tertiary/aromatic N) is 1. The number of alkyl carbamates (subject to hydrolysis) is 1. The van der Waals surface area contributed by atoms with Crippen LogP contribution in [0.3, 0.4) is 0 Å². The van der Waals surface area contributed by atoms with Crippen LogP contribution >= 0.6 is 0 Å². The minimum Gasteiger partial charge on any atom is -0.445 e. The molecule has 4 unspecified atom stereocenters. The van der Waals surface area contributed by atoms with Crippen LogP contribution in [0.1, 0.15) is 48.8 Å². The van der Waals surface area contributed by atoms with Crippen molar-refractivity contribution in [3.05, 3.63) is 95.1 Å². The number of nitrogens with two attached hydrogens (primary N) is 1. The zero-order chi connectivity index (χ0) is 34.0. The van der Waals surface area contributed by atoms with Crippen LogP contribution in [0.4, 0.5) is 23.7 Å². The van der Waals surface area contributed by atoms with E-state index in [1.165, 1.54) is 54.7 Å². The number of benzene rings is 2. The van der Waals surface area contributed by atoms with Crippen LogP contribution in [0.2, 0.25) is 0 Å². The van der Waals surface area contributed by atoms with E-state index in [0.717, 1.165) is 19.0 Å². The first-order chi connectivity index (χ1) is 23.2. The Morgan fingerprint density at radius 3 is 2.27 bits per heavy atom. The van der Waals surface area contributed by atoms with Gasteiger partial charge in [0.05, 0.1) is 42.9 Å². The Labute approximate surface area is 277 Å². The van der Waals surface area contributed by atoms with Crippen molar-refractivity contribution in [1.29, 1.82) is 0 Å². The summed E-state index contributed by atoms with van der Waals surface area (Å²) >= 11 is 0. The number of aromatic nitrogens is 1. The van der Waals surface area contributed by atoms with Crippen LogP contribution in [0.25, 0.3) is 0 Å². The smallest absolute Gasteiger partial charge is 0.407 e. The van der Waals surface area contributed by atoms with Gasteiger partial charge in [-0.15, -0.1) is 0 Å². The molecule has 2 saturated heterocycles. The lowest BCUT2D eigenvalue weighted by Crippen LogP contribution is -2.53. The van der Waals surface area contributed by atoms with E-state index in [2.05, 4.69) is 20.9 Å². The van der Waals surface area contributed by atoms with E-state index in [-0.39, 0.29) is 29.8 Å². The molecule has 3 heterocycles. The lowest BCUT2D eigenvalue weighted by molar-refractivity contribution is -0.117. The molecule has 5 N–H and O–H groups in total. The number of hydrogen-bond acceptors (Lipinski definition) is 8. The molecule has 2 aromatic carbocycles. The fourth-order valence-electron chi connectivity index (χ4n) is 6.04. The summed E-state index contributed by atoms with van der Waals surface area (Å²) in [5.41, 5.74) is 7.99. The molecule has 3 aromatic rings. The molecule has 2 fully saturated rings. The molecule has 5 rings (SSSR count). The van der Waals surface area contributed by atoms with Gasteiger partial charge in [0, 0.05) is 37.8 Å². The third-order valence-electron chi connectivity index (χ3n) is 8.95. The fourth-order valence-corrected chi connectivity index (χ4v) is 6.04. The average molecular weight is 670 g/mol. The molecule has 1 aromatic heterocycles. The molecule has 4 atom stereocenters. The minimum atomic E-state index is -1.19. The number of morpholine rings is 1. The highest BCUT2D eigenvalue weighted by molar-refractivity contribution is 5.96. The van der Waals surface area contributed by atoms with Gasteiger partial charge in [0.2, 0.25) is 5.91 Å². The maximum atomic E-state index is 15.1. The van der Waals surface area contributed by atoms with E-state index in [4.69, 9.17) is 19.9 Å².